The standard InChI is InChI=1S/C16H24N2O2/c1-3-17-10-14-8-12(2)4-7-15(14)20-11-16(19)18-9-13-5-6-13/h4,7-8,13,17H,3,5-6,9-11H2,1-2H3,(H,18,19). The average Bonchev–Trinajstić information content (AvgIpc) is 3.26. The number of carbonyl (C=O) groups excluding carboxylic acids is 1. The summed E-state index contributed by atoms with van der Waals surface area (Å²) in [7, 11) is 0. The van der Waals surface area contributed by atoms with Gasteiger partial charge in [0.1, 0.15) is 5.75 Å². The summed E-state index contributed by atoms with van der Waals surface area (Å²) in [6.45, 7) is 6.69. The maximum absolute atomic E-state index is 11.7. The van der Waals surface area contributed by atoms with Crippen LogP contribution in [0, 0.1) is 12.8 Å². The van der Waals surface area contributed by atoms with E-state index in [1.807, 2.05) is 12.1 Å². The fourth-order valence-corrected chi connectivity index (χ4v) is 2.02. The summed E-state index contributed by atoms with van der Waals surface area (Å²) in [5.74, 6) is 1.45. The lowest BCUT2D eigenvalue weighted by Crippen LogP contribution is -2.30. The first-order valence-electron chi connectivity index (χ1n) is 7.38. The number of nitrogens with one attached hydrogen (secondary N) is 2. The van der Waals surface area contributed by atoms with Gasteiger partial charge in [-0.05, 0) is 38.3 Å². The van der Waals surface area contributed by atoms with Crippen LogP contribution >= 0.6 is 0 Å². The van der Waals surface area contributed by atoms with Crippen molar-refractivity contribution in [2.75, 3.05) is 19.7 Å². The summed E-state index contributed by atoms with van der Waals surface area (Å²) in [5, 5.41) is 6.20. The van der Waals surface area contributed by atoms with Gasteiger partial charge in [0.15, 0.2) is 6.61 Å². The van der Waals surface area contributed by atoms with Crippen LogP contribution in [-0.4, -0.2) is 25.6 Å². The SMILES string of the molecule is CCNCc1cc(C)ccc1OCC(=O)NCC1CC1. The summed E-state index contributed by atoms with van der Waals surface area (Å²) >= 11 is 0. The molecule has 0 aromatic heterocycles. The summed E-state index contributed by atoms with van der Waals surface area (Å²) in [6.07, 6.45) is 2.48. The van der Waals surface area contributed by atoms with E-state index >= 15 is 0 Å². The second kappa shape index (κ2) is 7.29. The molecule has 1 fully saturated rings. The molecule has 2 N–H and O–H groups in total. The molecule has 1 aliphatic carbocycles. The van der Waals surface area contributed by atoms with Gasteiger partial charge in [0.25, 0.3) is 5.91 Å². The van der Waals surface area contributed by atoms with Crippen LogP contribution in [0.1, 0.15) is 30.9 Å². The summed E-state index contributed by atoms with van der Waals surface area (Å²) < 4.78 is 5.65. The maximum Gasteiger partial charge on any atom is 0.257 e. The van der Waals surface area contributed by atoms with E-state index in [1.54, 1.807) is 0 Å². The van der Waals surface area contributed by atoms with Gasteiger partial charge in [-0.15, -0.1) is 0 Å². The van der Waals surface area contributed by atoms with E-state index in [1.165, 1.54) is 18.4 Å². The number of amides is 1. The molecule has 4 heteroatoms. The Labute approximate surface area is 120 Å². The molecule has 0 aliphatic heterocycles. The molecular formula is C16H24N2O2. The van der Waals surface area contributed by atoms with Gasteiger partial charge in [0.05, 0.1) is 0 Å². The van der Waals surface area contributed by atoms with Gasteiger partial charge in [0, 0.05) is 18.7 Å². The number of aryl methyl sites for hydroxylation is 1. The highest BCUT2D eigenvalue weighted by atomic mass is 16.5. The number of carbonyl (C=O) groups is 1. The average molecular weight is 276 g/mol. The van der Waals surface area contributed by atoms with Gasteiger partial charge >= 0.3 is 0 Å². The highest BCUT2D eigenvalue weighted by Gasteiger charge is 2.21. The molecule has 0 heterocycles. The topological polar surface area (TPSA) is 50.4 Å². The van der Waals surface area contributed by atoms with Crippen molar-refractivity contribution in [3.8, 4) is 5.75 Å². The van der Waals surface area contributed by atoms with Crippen LogP contribution in [0.4, 0.5) is 0 Å². The minimum atomic E-state index is -0.0353. The number of hydrogen-bond acceptors (Lipinski definition) is 3. The Morgan fingerprint density at radius 3 is 2.90 bits per heavy atom. The van der Waals surface area contributed by atoms with E-state index in [0.717, 1.165) is 30.9 Å². The first-order valence-corrected chi connectivity index (χ1v) is 7.38. The Kier molecular flexibility index (Phi) is 5.41. The van der Waals surface area contributed by atoms with Crippen molar-refractivity contribution in [1.82, 2.24) is 10.6 Å². The van der Waals surface area contributed by atoms with E-state index < -0.39 is 0 Å². The normalized spacial score (nSPS) is 14.1. The van der Waals surface area contributed by atoms with Gasteiger partial charge in [0.2, 0.25) is 0 Å². The van der Waals surface area contributed by atoms with E-state index in [4.69, 9.17) is 4.74 Å². The second-order valence-corrected chi connectivity index (χ2v) is 5.43. The second-order valence-electron chi connectivity index (χ2n) is 5.43. The van der Waals surface area contributed by atoms with Crippen LogP contribution in [0.15, 0.2) is 18.2 Å². The van der Waals surface area contributed by atoms with E-state index in [9.17, 15) is 4.79 Å². The van der Waals surface area contributed by atoms with Gasteiger partial charge < -0.3 is 15.4 Å². The fourth-order valence-electron chi connectivity index (χ4n) is 2.02. The van der Waals surface area contributed by atoms with Gasteiger partial charge in [-0.3, -0.25) is 4.79 Å². The molecule has 1 aromatic rings. The van der Waals surface area contributed by atoms with Crippen LogP contribution in [-0.2, 0) is 11.3 Å². The minimum absolute atomic E-state index is 0.0353. The van der Waals surface area contributed by atoms with Crippen LogP contribution in [0.3, 0.4) is 0 Å². The third kappa shape index (κ3) is 4.85. The smallest absolute Gasteiger partial charge is 0.257 e. The first kappa shape index (κ1) is 14.9. The molecule has 0 spiro atoms. The van der Waals surface area contributed by atoms with E-state index in [0.29, 0.717) is 5.92 Å². The highest BCUT2D eigenvalue weighted by molar-refractivity contribution is 5.77. The van der Waals surface area contributed by atoms with Crippen LogP contribution < -0.4 is 15.4 Å². The Morgan fingerprint density at radius 1 is 1.40 bits per heavy atom. The third-order valence-electron chi connectivity index (χ3n) is 3.43. The van der Waals surface area contributed by atoms with Gasteiger partial charge in [-0.2, -0.15) is 0 Å². The monoisotopic (exact) mass is 276 g/mol. The number of rotatable bonds is 8. The Bertz CT molecular complexity index is 456. The lowest BCUT2D eigenvalue weighted by molar-refractivity contribution is -0.123. The van der Waals surface area contributed by atoms with Crippen molar-refractivity contribution in [3.63, 3.8) is 0 Å². The molecule has 1 aromatic carbocycles. The number of ether oxygens (including phenoxy) is 1. The molecule has 0 radical (unpaired) electrons. The fraction of sp³-hybridized carbons (Fsp3) is 0.562. The lowest BCUT2D eigenvalue weighted by Gasteiger charge is -2.12. The molecule has 2 rings (SSSR count). The molecule has 1 saturated carbocycles. The molecule has 0 unspecified atom stereocenters. The predicted molar refractivity (Wildman–Crippen MR) is 79.8 cm³/mol. The maximum atomic E-state index is 11.7. The summed E-state index contributed by atoms with van der Waals surface area (Å²) in [6, 6.07) is 6.04. The minimum Gasteiger partial charge on any atom is -0.483 e. The highest BCUT2D eigenvalue weighted by Crippen LogP contribution is 2.27. The predicted octanol–water partition coefficient (Wildman–Crippen LogP) is 2.01. The molecule has 110 valence electrons. The molecule has 0 bridgehead atoms. The largest absolute Gasteiger partial charge is 0.483 e. The van der Waals surface area contributed by atoms with Crippen LogP contribution in [0.5, 0.6) is 5.75 Å². The number of benzene rings is 1. The van der Waals surface area contributed by atoms with Gasteiger partial charge in [-0.25, -0.2) is 0 Å². The zero-order valence-electron chi connectivity index (χ0n) is 12.4. The molecule has 1 amide bonds. The third-order valence-corrected chi connectivity index (χ3v) is 3.43. The molecule has 0 atom stereocenters. The van der Waals surface area contributed by atoms with Crippen molar-refractivity contribution in [3.05, 3.63) is 29.3 Å². The Hall–Kier alpha value is -1.55. The van der Waals surface area contributed by atoms with Crippen LogP contribution in [0.25, 0.3) is 0 Å². The summed E-state index contributed by atoms with van der Waals surface area (Å²) in [4.78, 5) is 11.7. The molecular weight excluding hydrogens is 252 g/mol. The Balaban J connectivity index is 1.84. The summed E-state index contributed by atoms with van der Waals surface area (Å²) in [5.41, 5.74) is 2.30. The molecule has 0 saturated heterocycles. The Morgan fingerprint density at radius 2 is 2.20 bits per heavy atom. The van der Waals surface area contributed by atoms with Crippen LogP contribution in [0.2, 0.25) is 0 Å². The zero-order chi connectivity index (χ0) is 14.4. The number of hydrogen-bond donors (Lipinski definition) is 2. The van der Waals surface area contributed by atoms with E-state index in [2.05, 4.69) is 30.5 Å². The van der Waals surface area contributed by atoms with Gasteiger partial charge in [-0.1, -0.05) is 24.6 Å². The molecule has 1 aliphatic rings. The van der Waals surface area contributed by atoms with Crippen molar-refractivity contribution < 1.29 is 9.53 Å². The van der Waals surface area contributed by atoms with E-state index in [-0.39, 0.29) is 12.5 Å². The van der Waals surface area contributed by atoms with Crippen molar-refractivity contribution in [2.24, 2.45) is 5.92 Å². The van der Waals surface area contributed by atoms with Crippen molar-refractivity contribution in [1.29, 1.82) is 0 Å². The lowest BCUT2D eigenvalue weighted by atomic mass is 10.1. The van der Waals surface area contributed by atoms with Crippen molar-refractivity contribution >= 4 is 5.91 Å². The zero-order valence-corrected chi connectivity index (χ0v) is 12.4. The quantitative estimate of drug-likeness (QED) is 0.763. The van der Waals surface area contributed by atoms with Crippen molar-refractivity contribution in [2.45, 2.75) is 33.2 Å². The first-order chi connectivity index (χ1) is 9.69. The molecule has 4 nitrogen and oxygen atoms in total. The molecule has 20 heavy (non-hydrogen) atoms.